The first-order valence-corrected chi connectivity index (χ1v) is 7.66. The van der Waals surface area contributed by atoms with Gasteiger partial charge in [-0.1, -0.05) is 11.2 Å². The molecule has 0 N–H and O–H groups in total. The fourth-order valence-electron chi connectivity index (χ4n) is 2.33. The van der Waals surface area contributed by atoms with Gasteiger partial charge in [0, 0.05) is 46.6 Å². The number of aryl methyl sites for hydroxylation is 2. The maximum Gasteiger partial charge on any atom is 0.270 e. The number of nitrogens with zero attached hydrogens (tertiary/aromatic N) is 4. The highest BCUT2D eigenvalue weighted by atomic mass is 79.9. The lowest BCUT2D eigenvalue weighted by molar-refractivity contribution is -0.623. The molecule has 0 aliphatic rings. The highest BCUT2D eigenvalue weighted by molar-refractivity contribution is 9.10. The molecule has 1 aromatic carbocycles. The van der Waals surface area contributed by atoms with Crippen LogP contribution in [-0.2, 0) is 0 Å². The Balaban J connectivity index is 2.08. The minimum Gasteiger partial charge on any atom is -0.618 e. The second-order valence-corrected chi connectivity index (χ2v) is 5.91. The van der Waals surface area contributed by atoms with Gasteiger partial charge in [0.25, 0.3) is 16.2 Å². The maximum atomic E-state index is 12.0. The Morgan fingerprint density at radius 3 is 2.75 bits per heavy atom. The van der Waals surface area contributed by atoms with Crippen LogP contribution in [0, 0.1) is 29.2 Å². The quantitative estimate of drug-likeness (QED) is 0.223. The summed E-state index contributed by atoms with van der Waals surface area (Å²) in [5.41, 5.74) is 2.20. The van der Waals surface area contributed by atoms with Crippen LogP contribution in [0.4, 0.5) is 5.69 Å². The van der Waals surface area contributed by atoms with E-state index in [9.17, 15) is 15.3 Å². The van der Waals surface area contributed by atoms with Gasteiger partial charge in [0.15, 0.2) is 5.69 Å². The molecular weight excluding hydrogens is 380 g/mol. The van der Waals surface area contributed by atoms with Crippen molar-refractivity contribution in [2.24, 2.45) is 0 Å². The first-order chi connectivity index (χ1) is 11.4. The van der Waals surface area contributed by atoms with Crippen LogP contribution in [0.5, 0.6) is 0 Å². The van der Waals surface area contributed by atoms with Crippen LogP contribution in [0.2, 0.25) is 0 Å². The summed E-state index contributed by atoms with van der Waals surface area (Å²) < 4.78 is 6.22. The molecule has 122 valence electrons. The van der Waals surface area contributed by atoms with Crippen LogP contribution in [0.1, 0.15) is 11.3 Å². The molecule has 0 radical (unpaired) electrons. The molecule has 0 spiro atoms. The predicted molar refractivity (Wildman–Crippen MR) is 88.0 cm³/mol. The van der Waals surface area contributed by atoms with Crippen molar-refractivity contribution in [1.82, 2.24) is 10.1 Å². The Bertz CT molecular complexity index is 955. The molecule has 0 aliphatic carbocycles. The van der Waals surface area contributed by atoms with Crippen molar-refractivity contribution in [3.63, 3.8) is 0 Å². The number of nitro benzene ring substituents is 1. The Hall–Kier alpha value is -2.81. The maximum absolute atomic E-state index is 12.0. The number of rotatable bonds is 3. The number of hydrogen-bond donors (Lipinski definition) is 0. The summed E-state index contributed by atoms with van der Waals surface area (Å²) in [6.07, 6.45) is 0. The van der Waals surface area contributed by atoms with E-state index in [1.54, 1.807) is 19.1 Å². The SMILES string of the molecule is Cc1cc(C)[n+]([O-])c(Br)c1-c1noc(-c2cccc([N+](=O)[O-])c2)n1. The highest BCUT2D eigenvalue weighted by Crippen LogP contribution is 2.30. The number of non-ortho nitro benzene ring substituents is 1. The van der Waals surface area contributed by atoms with Crippen molar-refractivity contribution in [2.45, 2.75) is 13.8 Å². The molecule has 8 nitrogen and oxygen atoms in total. The number of nitro groups is 1. The standard InChI is InChI=1S/C15H11BrN4O4/c1-8-6-9(2)19(21)13(16)12(8)14-17-15(24-18-14)10-4-3-5-11(7-10)20(22)23/h3-7H,1-2H3. The zero-order valence-corrected chi connectivity index (χ0v) is 14.3. The minimum atomic E-state index is -0.498. The van der Waals surface area contributed by atoms with Crippen molar-refractivity contribution in [1.29, 1.82) is 0 Å². The van der Waals surface area contributed by atoms with Crippen molar-refractivity contribution in [3.05, 3.63) is 61.5 Å². The highest BCUT2D eigenvalue weighted by Gasteiger charge is 2.22. The van der Waals surface area contributed by atoms with Crippen molar-refractivity contribution in [3.8, 4) is 22.8 Å². The summed E-state index contributed by atoms with van der Waals surface area (Å²) in [4.78, 5) is 14.6. The molecule has 0 amide bonds. The van der Waals surface area contributed by atoms with Crippen LogP contribution in [0.3, 0.4) is 0 Å². The third-order valence-electron chi connectivity index (χ3n) is 3.48. The van der Waals surface area contributed by atoms with Gasteiger partial charge in [-0.15, -0.1) is 0 Å². The summed E-state index contributed by atoms with van der Waals surface area (Å²) in [7, 11) is 0. The van der Waals surface area contributed by atoms with Gasteiger partial charge in [-0.05, 0) is 18.6 Å². The Morgan fingerprint density at radius 1 is 1.29 bits per heavy atom. The first-order valence-electron chi connectivity index (χ1n) is 6.86. The minimum absolute atomic E-state index is 0.0719. The van der Waals surface area contributed by atoms with E-state index in [-0.39, 0.29) is 22.0 Å². The number of hydrogen-bond acceptors (Lipinski definition) is 6. The van der Waals surface area contributed by atoms with Gasteiger partial charge in [-0.25, -0.2) is 0 Å². The molecule has 0 atom stereocenters. The molecule has 3 aromatic rings. The van der Waals surface area contributed by atoms with Crippen LogP contribution in [0.15, 0.2) is 39.5 Å². The van der Waals surface area contributed by atoms with Gasteiger partial charge in [0.1, 0.15) is 5.56 Å². The normalized spacial score (nSPS) is 10.8. The van der Waals surface area contributed by atoms with E-state index in [0.29, 0.717) is 16.8 Å². The average molecular weight is 391 g/mol. The van der Waals surface area contributed by atoms with Crippen LogP contribution >= 0.6 is 15.9 Å². The lowest BCUT2D eigenvalue weighted by Crippen LogP contribution is -2.32. The Kier molecular flexibility index (Phi) is 4.02. The number of halogens is 1. The number of aromatic nitrogens is 3. The molecule has 0 bridgehead atoms. The largest absolute Gasteiger partial charge is 0.618 e. The van der Waals surface area contributed by atoms with E-state index in [1.807, 2.05) is 6.92 Å². The zero-order chi connectivity index (χ0) is 17.4. The molecule has 0 unspecified atom stereocenters. The first kappa shape index (κ1) is 16.1. The van der Waals surface area contributed by atoms with Crippen molar-refractivity contribution < 1.29 is 14.2 Å². The van der Waals surface area contributed by atoms with E-state index in [4.69, 9.17) is 4.52 Å². The lowest BCUT2D eigenvalue weighted by atomic mass is 10.1. The zero-order valence-electron chi connectivity index (χ0n) is 12.7. The molecule has 0 aliphatic heterocycles. The second kappa shape index (κ2) is 6.00. The van der Waals surface area contributed by atoms with E-state index >= 15 is 0 Å². The molecule has 0 saturated carbocycles. The lowest BCUT2D eigenvalue weighted by Gasteiger charge is -2.08. The molecular formula is C15H11BrN4O4. The monoisotopic (exact) mass is 390 g/mol. The van der Waals surface area contributed by atoms with Crippen LogP contribution < -0.4 is 4.73 Å². The third-order valence-corrected chi connectivity index (χ3v) is 4.20. The van der Waals surface area contributed by atoms with E-state index in [2.05, 4.69) is 26.1 Å². The predicted octanol–water partition coefficient (Wildman–Crippen LogP) is 3.32. The van der Waals surface area contributed by atoms with Gasteiger partial charge in [0.2, 0.25) is 5.82 Å². The smallest absolute Gasteiger partial charge is 0.270 e. The molecule has 24 heavy (non-hydrogen) atoms. The Labute approximate surface area is 144 Å². The summed E-state index contributed by atoms with van der Waals surface area (Å²) in [5, 5.41) is 26.8. The van der Waals surface area contributed by atoms with Crippen LogP contribution in [-0.4, -0.2) is 15.1 Å². The van der Waals surface area contributed by atoms with Gasteiger partial charge in [0.05, 0.1) is 4.92 Å². The Morgan fingerprint density at radius 2 is 2.04 bits per heavy atom. The third kappa shape index (κ3) is 2.73. The summed E-state index contributed by atoms with van der Waals surface area (Å²) in [6, 6.07) is 7.62. The van der Waals surface area contributed by atoms with Gasteiger partial charge in [-0.3, -0.25) is 10.1 Å². The second-order valence-electron chi connectivity index (χ2n) is 5.16. The fourth-order valence-corrected chi connectivity index (χ4v) is 3.10. The van der Waals surface area contributed by atoms with Gasteiger partial charge < -0.3 is 9.73 Å². The number of pyridine rings is 1. The van der Waals surface area contributed by atoms with Crippen molar-refractivity contribution in [2.75, 3.05) is 0 Å². The van der Waals surface area contributed by atoms with E-state index < -0.39 is 4.92 Å². The van der Waals surface area contributed by atoms with Crippen LogP contribution in [0.25, 0.3) is 22.8 Å². The molecule has 3 rings (SSSR count). The van der Waals surface area contributed by atoms with E-state index in [1.165, 1.54) is 18.2 Å². The van der Waals surface area contributed by atoms with Gasteiger partial charge >= 0.3 is 0 Å². The molecule has 2 heterocycles. The topological polar surface area (TPSA) is 109 Å². The molecule has 9 heteroatoms. The van der Waals surface area contributed by atoms with E-state index in [0.717, 1.165) is 10.3 Å². The molecule has 2 aromatic heterocycles. The van der Waals surface area contributed by atoms with Gasteiger partial charge in [-0.2, -0.15) is 9.71 Å². The number of benzene rings is 1. The molecule has 0 saturated heterocycles. The van der Waals surface area contributed by atoms with Crippen molar-refractivity contribution >= 4 is 21.6 Å². The summed E-state index contributed by atoms with van der Waals surface area (Å²) in [6.45, 7) is 3.52. The summed E-state index contributed by atoms with van der Waals surface area (Å²) >= 11 is 3.25. The fraction of sp³-hybridized carbons (Fsp3) is 0.133. The summed E-state index contributed by atoms with van der Waals surface area (Å²) in [5.74, 6) is 0.364. The average Bonchev–Trinajstić information content (AvgIpc) is 3.02. The molecule has 0 fully saturated rings.